The molecule has 0 fully saturated rings. The van der Waals surface area contributed by atoms with E-state index < -0.39 is 0 Å². The normalized spacial score (nSPS) is 10.3. The van der Waals surface area contributed by atoms with Crippen LogP contribution in [0.5, 0.6) is 0 Å². The molecule has 0 radical (unpaired) electrons. The molecule has 0 aliphatic carbocycles. The van der Waals surface area contributed by atoms with E-state index in [-0.39, 0.29) is 5.97 Å². The first-order valence-corrected chi connectivity index (χ1v) is 7.36. The van der Waals surface area contributed by atoms with Crippen LogP contribution in [-0.4, -0.2) is 17.6 Å². The second-order valence-electron chi connectivity index (χ2n) is 5.08. The summed E-state index contributed by atoms with van der Waals surface area (Å²) in [6.45, 7) is 2.44. The maximum absolute atomic E-state index is 11.6. The SMILES string of the molecule is Cc1cccc(CCCOC(=O)CCc2ccccc2)n1. The third-order valence-corrected chi connectivity index (χ3v) is 3.25. The lowest BCUT2D eigenvalue weighted by atomic mass is 10.1. The predicted octanol–water partition coefficient (Wildman–Crippen LogP) is 3.50. The lowest BCUT2D eigenvalue weighted by molar-refractivity contribution is -0.143. The summed E-state index contributed by atoms with van der Waals surface area (Å²) in [6.07, 6.45) is 2.83. The molecule has 0 unspecified atom stereocenters. The van der Waals surface area contributed by atoms with Crippen LogP contribution in [0.15, 0.2) is 48.5 Å². The number of rotatable bonds is 7. The summed E-state index contributed by atoms with van der Waals surface area (Å²) in [4.78, 5) is 16.1. The molecule has 2 aromatic rings. The average Bonchev–Trinajstić information content (AvgIpc) is 2.51. The van der Waals surface area contributed by atoms with Crippen molar-refractivity contribution >= 4 is 5.97 Å². The lowest BCUT2D eigenvalue weighted by Crippen LogP contribution is -2.08. The third-order valence-electron chi connectivity index (χ3n) is 3.25. The van der Waals surface area contributed by atoms with Gasteiger partial charge in [0.05, 0.1) is 6.61 Å². The maximum Gasteiger partial charge on any atom is 0.306 e. The Hall–Kier alpha value is -2.16. The fraction of sp³-hybridized carbons (Fsp3) is 0.333. The van der Waals surface area contributed by atoms with Crippen molar-refractivity contribution < 1.29 is 9.53 Å². The molecule has 1 heterocycles. The van der Waals surface area contributed by atoms with Gasteiger partial charge in [-0.25, -0.2) is 0 Å². The number of esters is 1. The Kier molecular flexibility index (Phi) is 5.95. The zero-order valence-corrected chi connectivity index (χ0v) is 12.4. The number of hydrogen-bond acceptors (Lipinski definition) is 3. The number of aromatic nitrogens is 1. The Morgan fingerprint density at radius 2 is 1.86 bits per heavy atom. The summed E-state index contributed by atoms with van der Waals surface area (Å²) in [6, 6.07) is 16.0. The molecule has 3 heteroatoms. The van der Waals surface area contributed by atoms with Gasteiger partial charge in [0, 0.05) is 17.8 Å². The van der Waals surface area contributed by atoms with Crippen LogP contribution in [0, 0.1) is 6.92 Å². The fourth-order valence-electron chi connectivity index (χ4n) is 2.14. The molecular weight excluding hydrogens is 262 g/mol. The van der Waals surface area contributed by atoms with Gasteiger partial charge in [0.1, 0.15) is 0 Å². The quantitative estimate of drug-likeness (QED) is 0.576. The van der Waals surface area contributed by atoms with Crippen LogP contribution < -0.4 is 0 Å². The third kappa shape index (κ3) is 5.78. The van der Waals surface area contributed by atoms with Crippen LogP contribution >= 0.6 is 0 Å². The highest BCUT2D eigenvalue weighted by Crippen LogP contribution is 2.05. The number of aryl methyl sites for hydroxylation is 3. The van der Waals surface area contributed by atoms with Crippen molar-refractivity contribution in [3.05, 3.63) is 65.5 Å². The second-order valence-corrected chi connectivity index (χ2v) is 5.08. The van der Waals surface area contributed by atoms with Crippen molar-refractivity contribution in [1.82, 2.24) is 4.98 Å². The molecule has 1 aromatic carbocycles. The minimum Gasteiger partial charge on any atom is -0.466 e. The molecule has 0 amide bonds. The largest absolute Gasteiger partial charge is 0.466 e. The zero-order valence-electron chi connectivity index (χ0n) is 12.4. The van der Waals surface area contributed by atoms with E-state index in [4.69, 9.17) is 4.74 Å². The molecule has 0 atom stereocenters. The van der Waals surface area contributed by atoms with Gasteiger partial charge in [0.15, 0.2) is 0 Å². The van der Waals surface area contributed by atoms with Crippen molar-refractivity contribution in [2.45, 2.75) is 32.6 Å². The molecule has 0 N–H and O–H groups in total. The highest BCUT2D eigenvalue weighted by atomic mass is 16.5. The van der Waals surface area contributed by atoms with Gasteiger partial charge in [-0.05, 0) is 43.9 Å². The average molecular weight is 283 g/mol. The van der Waals surface area contributed by atoms with E-state index in [0.29, 0.717) is 13.0 Å². The molecule has 0 aliphatic heterocycles. The number of ether oxygens (including phenoxy) is 1. The van der Waals surface area contributed by atoms with E-state index in [1.54, 1.807) is 0 Å². The molecule has 2 rings (SSSR count). The van der Waals surface area contributed by atoms with Gasteiger partial charge in [-0.1, -0.05) is 36.4 Å². The number of hydrogen-bond donors (Lipinski definition) is 0. The van der Waals surface area contributed by atoms with Crippen LogP contribution in [0.25, 0.3) is 0 Å². The van der Waals surface area contributed by atoms with Crippen LogP contribution in [0.3, 0.4) is 0 Å². The van der Waals surface area contributed by atoms with E-state index >= 15 is 0 Å². The van der Waals surface area contributed by atoms with Crippen LogP contribution in [0.4, 0.5) is 0 Å². The van der Waals surface area contributed by atoms with Crippen molar-refractivity contribution in [2.75, 3.05) is 6.61 Å². The number of carbonyl (C=O) groups excluding carboxylic acids is 1. The van der Waals surface area contributed by atoms with E-state index in [0.717, 1.165) is 30.7 Å². The van der Waals surface area contributed by atoms with Crippen LogP contribution in [0.2, 0.25) is 0 Å². The maximum atomic E-state index is 11.6. The summed E-state index contributed by atoms with van der Waals surface area (Å²) in [7, 11) is 0. The first-order valence-electron chi connectivity index (χ1n) is 7.36. The summed E-state index contributed by atoms with van der Waals surface area (Å²) in [5.41, 5.74) is 3.24. The number of carbonyl (C=O) groups is 1. The van der Waals surface area contributed by atoms with Crippen molar-refractivity contribution in [3.8, 4) is 0 Å². The van der Waals surface area contributed by atoms with Crippen LogP contribution in [-0.2, 0) is 22.4 Å². The lowest BCUT2D eigenvalue weighted by Gasteiger charge is -2.05. The Morgan fingerprint density at radius 1 is 1.05 bits per heavy atom. The topological polar surface area (TPSA) is 39.2 Å². The molecule has 21 heavy (non-hydrogen) atoms. The molecule has 1 aromatic heterocycles. The smallest absolute Gasteiger partial charge is 0.306 e. The van der Waals surface area contributed by atoms with Gasteiger partial charge in [-0.3, -0.25) is 9.78 Å². The van der Waals surface area contributed by atoms with Crippen molar-refractivity contribution in [1.29, 1.82) is 0 Å². The van der Waals surface area contributed by atoms with Gasteiger partial charge in [0.2, 0.25) is 0 Å². The molecule has 3 nitrogen and oxygen atoms in total. The predicted molar refractivity (Wildman–Crippen MR) is 83.0 cm³/mol. The number of pyridine rings is 1. The standard InChI is InChI=1S/C18H21NO2/c1-15-7-5-10-17(19-15)11-6-14-21-18(20)13-12-16-8-3-2-4-9-16/h2-5,7-10H,6,11-14H2,1H3. The monoisotopic (exact) mass is 283 g/mol. The summed E-state index contributed by atoms with van der Waals surface area (Å²) in [5.74, 6) is -0.129. The Labute approximate surface area is 126 Å². The highest BCUT2D eigenvalue weighted by molar-refractivity contribution is 5.69. The highest BCUT2D eigenvalue weighted by Gasteiger charge is 2.04. The zero-order chi connectivity index (χ0) is 14.9. The van der Waals surface area contributed by atoms with Crippen LogP contribution in [0.1, 0.15) is 29.8 Å². The van der Waals surface area contributed by atoms with Gasteiger partial charge in [-0.15, -0.1) is 0 Å². The summed E-state index contributed by atoms with van der Waals surface area (Å²) in [5, 5.41) is 0. The Morgan fingerprint density at radius 3 is 2.62 bits per heavy atom. The second kappa shape index (κ2) is 8.20. The minimum atomic E-state index is -0.129. The van der Waals surface area contributed by atoms with Gasteiger partial charge < -0.3 is 4.74 Å². The Balaban J connectivity index is 1.61. The first kappa shape index (κ1) is 15.2. The Bertz CT molecular complexity index is 566. The van der Waals surface area contributed by atoms with Crippen molar-refractivity contribution in [3.63, 3.8) is 0 Å². The molecule has 0 aliphatic rings. The van der Waals surface area contributed by atoms with Crippen molar-refractivity contribution in [2.24, 2.45) is 0 Å². The van der Waals surface area contributed by atoms with E-state index in [2.05, 4.69) is 4.98 Å². The molecule has 0 saturated heterocycles. The molecule has 0 bridgehead atoms. The minimum absolute atomic E-state index is 0.129. The summed E-state index contributed by atoms with van der Waals surface area (Å²) >= 11 is 0. The molecule has 0 spiro atoms. The van der Waals surface area contributed by atoms with Gasteiger partial charge in [-0.2, -0.15) is 0 Å². The molecule has 110 valence electrons. The first-order chi connectivity index (χ1) is 10.2. The van der Waals surface area contributed by atoms with E-state index in [9.17, 15) is 4.79 Å². The molecule has 0 saturated carbocycles. The number of nitrogens with zero attached hydrogens (tertiary/aromatic N) is 1. The van der Waals surface area contributed by atoms with E-state index in [1.807, 2.05) is 55.5 Å². The van der Waals surface area contributed by atoms with Gasteiger partial charge >= 0.3 is 5.97 Å². The summed E-state index contributed by atoms with van der Waals surface area (Å²) < 4.78 is 5.25. The van der Waals surface area contributed by atoms with E-state index in [1.165, 1.54) is 5.56 Å². The molecular formula is C18H21NO2. The van der Waals surface area contributed by atoms with Gasteiger partial charge in [0.25, 0.3) is 0 Å². The number of benzene rings is 1. The fourth-order valence-corrected chi connectivity index (χ4v) is 2.14.